The summed E-state index contributed by atoms with van der Waals surface area (Å²) in [5, 5.41) is 11.5. The van der Waals surface area contributed by atoms with Gasteiger partial charge in [0.05, 0.1) is 12.0 Å². The fourth-order valence-electron chi connectivity index (χ4n) is 1.04. The lowest BCUT2D eigenvalue weighted by Gasteiger charge is -2.34. The molecule has 1 aliphatic rings. The minimum atomic E-state index is -0.644. The van der Waals surface area contributed by atoms with Crippen molar-refractivity contribution >= 4 is 5.91 Å². The molecule has 0 spiro atoms. The van der Waals surface area contributed by atoms with Crippen molar-refractivity contribution in [1.82, 2.24) is 5.32 Å². The van der Waals surface area contributed by atoms with Crippen LogP contribution in [0, 0.1) is 18.3 Å². The van der Waals surface area contributed by atoms with Crippen LogP contribution in [-0.2, 0) is 4.79 Å². The number of hydrogen-bond donors (Lipinski definition) is 2. The van der Waals surface area contributed by atoms with Crippen LogP contribution < -0.4 is 5.32 Å². The summed E-state index contributed by atoms with van der Waals surface area (Å²) in [4.78, 5) is 10.7. The van der Waals surface area contributed by atoms with Gasteiger partial charge in [-0.05, 0) is 6.92 Å². The van der Waals surface area contributed by atoms with Gasteiger partial charge in [0.25, 0.3) is 0 Å². The second kappa shape index (κ2) is 2.31. The molecule has 10 heavy (non-hydrogen) atoms. The highest BCUT2D eigenvalue weighted by atomic mass is 16.3. The van der Waals surface area contributed by atoms with Crippen LogP contribution >= 0.6 is 0 Å². The topological polar surface area (TPSA) is 49.3 Å². The van der Waals surface area contributed by atoms with Gasteiger partial charge >= 0.3 is 0 Å². The van der Waals surface area contributed by atoms with E-state index in [1.807, 2.05) is 0 Å². The molecule has 1 heterocycles. The maximum absolute atomic E-state index is 10.7. The summed E-state index contributed by atoms with van der Waals surface area (Å²) in [5.74, 6) is 1.82. The third-order valence-electron chi connectivity index (χ3n) is 1.66. The lowest BCUT2D eigenvalue weighted by atomic mass is 9.87. The van der Waals surface area contributed by atoms with E-state index < -0.39 is 12.0 Å². The van der Waals surface area contributed by atoms with Gasteiger partial charge in [-0.25, -0.2) is 0 Å². The minimum absolute atomic E-state index is 0.155. The number of carbonyl (C=O) groups is 1. The Kier molecular flexibility index (Phi) is 1.64. The molecule has 0 aromatic rings. The number of carbonyl (C=O) groups excluding carboxylic acids is 1. The maximum Gasteiger partial charge on any atom is 0.229 e. The van der Waals surface area contributed by atoms with Gasteiger partial charge in [-0.2, -0.15) is 0 Å². The first-order chi connectivity index (χ1) is 4.66. The second-order valence-corrected chi connectivity index (χ2v) is 2.42. The summed E-state index contributed by atoms with van der Waals surface area (Å²) in [7, 11) is 0. The predicted molar refractivity (Wildman–Crippen MR) is 35.9 cm³/mol. The molecule has 2 N–H and O–H groups in total. The zero-order valence-corrected chi connectivity index (χ0v) is 5.66. The van der Waals surface area contributed by atoms with E-state index in [1.54, 1.807) is 6.92 Å². The quantitative estimate of drug-likeness (QED) is 0.366. The van der Waals surface area contributed by atoms with Gasteiger partial charge in [-0.1, -0.05) is 5.92 Å². The van der Waals surface area contributed by atoms with Crippen LogP contribution in [0.2, 0.25) is 0 Å². The Morgan fingerprint density at radius 3 is 2.70 bits per heavy atom. The molecular formula is C7H9NO2. The van der Waals surface area contributed by atoms with E-state index in [9.17, 15) is 4.79 Å². The highest BCUT2D eigenvalue weighted by Crippen LogP contribution is 2.17. The summed E-state index contributed by atoms with van der Waals surface area (Å²) in [5.41, 5.74) is 0. The number of aliphatic hydroxyl groups is 1. The molecule has 1 saturated heterocycles. The SMILES string of the molecule is C#C[C@H]1NC(=O)[C@@H]1[C@@H](C)O. The minimum Gasteiger partial charge on any atom is -0.392 e. The van der Waals surface area contributed by atoms with E-state index >= 15 is 0 Å². The Morgan fingerprint density at radius 1 is 1.90 bits per heavy atom. The lowest BCUT2D eigenvalue weighted by Crippen LogP contribution is -2.61. The first-order valence-corrected chi connectivity index (χ1v) is 3.11. The summed E-state index contributed by atoms with van der Waals surface area (Å²) in [6, 6.07) is -0.271. The average Bonchev–Trinajstić information content (AvgIpc) is 1.80. The highest BCUT2D eigenvalue weighted by molar-refractivity contribution is 5.87. The Balaban J connectivity index is 2.58. The van der Waals surface area contributed by atoms with Crippen molar-refractivity contribution in [1.29, 1.82) is 0 Å². The molecule has 0 aromatic heterocycles. The van der Waals surface area contributed by atoms with Gasteiger partial charge in [0, 0.05) is 0 Å². The fraction of sp³-hybridized carbons (Fsp3) is 0.571. The van der Waals surface area contributed by atoms with Crippen molar-refractivity contribution < 1.29 is 9.90 Å². The molecule has 0 aromatic carbocycles. The monoisotopic (exact) mass is 139 g/mol. The van der Waals surface area contributed by atoms with Crippen molar-refractivity contribution in [2.45, 2.75) is 19.1 Å². The molecule has 1 aliphatic heterocycles. The normalized spacial score (nSPS) is 33.5. The van der Waals surface area contributed by atoms with E-state index in [-0.39, 0.29) is 11.9 Å². The van der Waals surface area contributed by atoms with Crippen LogP contribution in [0.25, 0.3) is 0 Å². The molecular weight excluding hydrogens is 130 g/mol. The third kappa shape index (κ3) is 0.869. The molecule has 0 saturated carbocycles. The average molecular weight is 139 g/mol. The van der Waals surface area contributed by atoms with E-state index in [0.717, 1.165) is 0 Å². The van der Waals surface area contributed by atoms with E-state index in [0.29, 0.717) is 0 Å². The molecule has 3 heteroatoms. The predicted octanol–water partition coefficient (Wildman–Crippen LogP) is -0.885. The fourth-order valence-corrected chi connectivity index (χ4v) is 1.04. The molecule has 0 unspecified atom stereocenters. The number of nitrogens with one attached hydrogen (secondary N) is 1. The number of rotatable bonds is 1. The molecule has 0 bridgehead atoms. The highest BCUT2D eigenvalue weighted by Gasteiger charge is 2.41. The number of amides is 1. The molecule has 3 nitrogen and oxygen atoms in total. The van der Waals surface area contributed by atoms with E-state index in [2.05, 4.69) is 11.2 Å². The summed E-state index contributed by atoms with van der Waals surface area (Å²) in [6.07, 6.45) is 4.40. The Morgan fingerprint density at radius 2 is 2.50 bits per heavy atom. The molecule has 1 fully saturated rings. The van der Waals surface area contributed by atoms with Crippen LogP contribution in [0.1, 0.15) is 6.92 Å². The van der Waals surface area contributed by atoms with Crippen LogP contribution in [0.3, 0.4) is 0 Å². The second-order valence-electron chi connectivity index (χ2n) is 2.42. The molecule has 0 radical (unpaired) electrons. The Hall–Kier alpha value is -1.01. The van der Waals surface area contributed by atoms with Crippen LogP contribution in [0.4, 0.5) is 0 Å². The van der Waals surface area contributed by atoms with Crippen molar-refractivity contribution in [3.8, 4) is 12.3 Å². The summed E-state index contributed by atoms with van der Waals surface area (Å²) < 4.78 is 0. The van der Waals surface area contributed by atoms with Crippen molar-refractivity contribution in [3.05, 3.63) is 0 Å². The number of β-lactam (4-membered cyclic amide) rings is 1. The first kappa shape index (κ1) is 7.10. The maximum atomic E-state index is 10.7. The molecule has 3 atom stereocenters. The standard InChI is InChI=1S/C7H9NO2/c1-3-5-6(4(2)9)7(10)8-5/h1,4-6,9H,2H3,(H,8,10)/t4-,5-,6-/m1/s1. The molecule has 1 rings (SSSR count). The van der Waals surface area contributed by atoms with Gasteiger partial charge in [-0.3, -0.25) is 4.79 Å². The molecule has 0 aliphatic carbocycles. The summed E-state index contributed by atoms with van der Waals surface area (Å²) >= 11 is 0. The Bertz CT molecular complexity index is 192. The zero-order chi connectivity index (χ0) is 7.72. The van der Waals surface area contributed by atoms with Crippen molar-refractivity contribution in [3.63, 3.8) is 0 Å². The largest absolute Gasteiger partial charge is 0.392 e. The van der Waals surface area contributed by atoms with Gasteiger partial charge in [-0.15, -0.1) is 6.42 Å². The number of hydrogen-bond acceptors (Lipinski definition) is 2. The van der Waals surface area contributed by atoms with E-state index in [4.69, 9.17) is 11.5 Å². The van der Waals surface area contributed by atoms with Crippen LogP contribution in [0.5, 0.6) is 0 Å². The van der Waals surface area contributed by atoms with Crippen molar-refractivity contribution in [2.24, 2.45) is 5.92 Å². The third-order valence-corrected chi connectivity index (χ3v) is 1.66. The van der Waals surface area contributed by atoms with Crippen LogP contribution in [0.15, 0.2) is 0 Å². The van der Waals surface area contributed by atoms with E-state index in [1.165, 1.54) is 0 Å². The number of aliphatic hydroxyl groups excluding tert-OH is 1. The molecule has 54 valence electrons. The van der Waals surface area contributed by atoms with Gasteiger partial charge < -0.3 is 10.4 Å². The zero-order valence-electron chi connectivity index (χ0n) is 5.66. The first-order valence-electron chi connectivity index (χ1n) is 3.11. The van der Waals surface area contributed by atoms with Gasteiger partial charge in [0.2, 0.25) is 5.91 Å². The summed E-state index contributed by atoms with van der Waals surface area (Å²) in [6.45, 7) is 1.56. The Labute approximate surface area is 59.4 Å². The lowest BCUT2D eigenvalue weighted by molar-refractivity contribution is -0.138. The van der Waals surface area contributed by atoms with Gasteiger partial charge in [0.1, 0.15) is 6.04 Å². The smallest absolute Gasteiger partial charge is 0.229 e. The number of terminal acetylenes is 1. The van der Waals surface area contributed by atoms with Crippen molar-refractivity contribution in [2.75, 3.05) is 0 Å². The van der Waals surface area contributed by atoms with Gasteiger partial charge in [0.15, 0.2) is 0 Å². The van der Waals surface area contributed by atoms with Crippen LogP contribution in [-0.4, -0.2) is 23.2 Å². The molecule has 1 amide bonds.